The van der Waals surface area contributed by atoms with Crippen molar-refractivity contribution in [2.24, 2.45) is 0 Å². The second kappa shape index (κ2) is 6.56. The van der Waals surface area contributed by atoms with E-state index >= 15 is 0 Å². The smallest absolute Gasteiger partial charge is 0.326 e. The lowest BCUT2D eigenvalue weighted by atomic mass is 10.2. The Morgan fingerprint density at radius 1 is 1.26 bits per heavy atom. The van der Waals surface area contributed by atoms with Gasteiger partial charge in [0, 0.05) is 31.5 Å². The van der Waals surface area contributed by atoms with Gasteiger partial charge >= 0.3 is 6.03 Å². The Bertz CT molecular complexity index is 687. The van der Waals surface area contributed by atoms with Crippen molar-refractivity contribution in [1.29, 1.82) is 0 Å². The number of benzene rings is 1. The van der Waals surface area contributed by atoms with Crippen molar-refractivity contribution >= 4 is 23.2 Å². The second-order valence-corrected chi connectivity index (χ2v) is 5.24. The number of ether oxygens (including phenoxy) is 1. The zero-order chi connectivity index (χ0) is 16.2. The van der Waals surface area contributed by atoms with Gasteiger partial charge in [0.15, 0.2) is 5.82 Å². The van der Waals surface area contributed by atoms with Crippen molar-refractivity contribution in [3.05, 3.63) is 42.6 Å². The number of hydrogen-bond acceptors (Lipinski definition) is 4. The maximum absolute atomic E-state index is 12.6. The number of anilines is 3. The number of pyridine rings is 1. The number of nitrogens with zero attached hydrogens (tertiary/aromatic N) is 3. The number of rotatable bonds is 3. The van der Waals surface area contributed by atoms with Crippen LogP contribution in [-0.2, 0) is 0 Å². The molecule has 0 fully saturated rings. The lowest BCUT2D eigenvalue weighted by molar-refractivity contribution is 0.256. The average molecular weight is 312 g/mol. The van der Waals surface area contributed by atoms with Crippen LogP contribution in [0.5, 0.6) is 5.75 Å². The molecule has 1 aliphatic rings. The van der Waals surface area contributed by atoms with Crippen LogP contribution in [0.15, 0.2) is 42.6 Å². The third kappa shape index (κ3) is 3.06. The van der Waals surface area contributed by atoms with Crippen LogP contribution in [-0.4, -0.2) is 37.8 Å². The van der Waals surface area contributed by atoms with E-state index in [2.05, 4.69) is 22.1 Å². The van der Waals surface area contributed by atoms with Crippen molar-refractivity contribution in [3.63, 3.8) is 0 Å². The highest BCUT2D eigenvalue weighted by Crippen LogP contribution is 2.30. The largest absolute Gasteiger partial charge is 0.497 e. The van der Waals surface area contributed by atoms with Gasteiger partial charge in [0.1, 0.15) is 5.75 Å². The number of carbonyl (C=O) groups excluding carboxylic acids is 1. The molecule has 0 atom stereocenters. The van der Waals surface area contributed by atoms with Crippen LogP contribution >= 0.6 is 0 Å². The van der Waals surface area contributed by atoms with E-state index in [0.717, 1.165) is 36.0 Å². The maximum Gasteiger partial charge on any atom is 0.326 e. The highest BCUT2D eigenvalue weighted by molar-refractivity contribution is 6.04. The topological polar surface area (TPSA) is 57.7 Å². The molecule has 1 N–H and O–H groups in total. The first-order valence-corrected chi connectivity index (χ1v) is 7.65. The Morgan fingerprint density at radius 2 is 2.04 bits per heavy atom. The number of amides is 2. The Labute approximate surface area is 135 Å². The summed E-state index contributed by atoms with van der Waals surface area (Å²) >= 11 is 0. The Morgan fingerprint density at radius 3 is 2.74 bits per heavy atom. The van der Waals surface area contributed by atoms with E-state index in [1.165, 1.54) is 0 Å². The Hall–Kier alpha value is -2.76. The molecule has 1 aromatic heterocycles. The molecule has 2 aromatic rings. The predicted molar refractivity (Wildman–Crippen MR) is 91.5 cm³/mol. The summed E-state index contributed by atoms with van der Waals surface area (Å²) in [7, 11) is 1.62. The van der Waals surface area contributed by atoms with E-state index in [1.807, 2.05) is 36.4 Å². The van der Waals surface area contributed by atoms with E-state index < -0.39 is 0 Å². The van der Waals surface area contributed by atoms with Gasteiger partial charge in [0.05, 0.1) is 12.8 Å². The molecule has 0 unspecified atom stereocenters. The van der Waals surface area contributed by atoms with Crippen LogP contribution in [0.25, 0.3) is 0 Å². The molecule has 2 heterocycles. The molecule has 1 aromatic carbocycles. The number of hydrogen-bond donors (Lipinski definition) is 1. The first kappa shape index (κ1) is 15.1. The van der Waals surface area contributed by atoms with E-state index in [1.54, 1.807) is 18.2 Å². The summed E-state index contributed by atoms with van der Waals surface area (Å²) in [4.78, 5) is 20.9. The van der Waals surface area contributed by atoms with Gasteiger partial charge in [-0.3, -0.25) is 4.90 Å². The SMILES string of the molecule is CCN1CCN(C(=O)Nc2ccc(OC)cc2)c2cccnc21. The van der Waals surface area contributed by atoms with Crippen molar-refractivity contribution in [3.8, 4) is 5.75 Å². The normalized spacial score (nSPS) is 13.5. The molecule has 23 heavy (non-hydrogen) atoms. The number of carbonyl (C=O) groups is 1. The summed E-state index contributed by atoms with van der Waals surface area (Å²) in [5, 5.41) is 2.92. The van der Waals surface area contributed by atoms with Gasteiger partial charge in [-0.15, -0.1) is 0 Å². The predicted octanol–water partition coefficient (Wildman–Crippen LogP) is 2.97. The lowest BCUT2D eigenvalue weighted by Crippen LogP contribution is -2.46. The van der Waals surface area contributed by atoms with Gasteiger partial charge in [0.25, 0.3) is 0 Å². The number of urea groups is 1. The fraction of sp³-hybridized carbons (Fsp3) is 0.294. The first-order chi connectivity index (χ1) is 11.2. The van der Waals surface area contributed by atoms with E-state index in [0.29, 0.717) is 6.54 Å². The zero-order valence-corrected chi connectivity index (χ0v) is 13.3. The molecule has 0 spiro atoms. The summed E-state index contributed by atoms with van der Waals surface area (Å²) < 4.78 is 5.12. The van der Waals surface area contributed by atoms with Crippen LogP contribution in [0.3, 0.4) is 0 Å². The molecule has 6 nitrogen and oxygen atoms in total. The molecule has 6 heteroatoms. The summed E-state index contributed by atoms with van der Waals surface area (Å²) in [6.07, 6.45) is 1.76. The number of nitrogens with one attached hydrogen (secondary N) is 1. The summed E-state index contributed by atoms with van der Waals surface area (Å²) in [6, 6.07) is 10.9. The van der Waals surface area contributed by atoms with Gasteiger partial charge < -0.3 is 15.0 Å². The Balaban J connectivity index is 1.79. The van der Waals surface area contributed by atoms with Crippen LogP contribution in [0, 0.1) is 0 Å². The lowest BCUT2D eigenvalue weighted by Gasteiger charge is -2.35. The van der Waals surface area contributed by atoms with Crippen LogP contribution in [0.2, 0.25) is 0 Å². The minimum atomic E-state index is -0.153. The molecular formula is C17H20N4O2. The van der Waals surface area contributed by atoms with Crippen molar-refractivity contribution in [1.82, 2.24) is 4.98 Å². The summed E-state index contributed by atoms with van der Waals surface area (Å²) in [5.41, 5.74) is 1.57. The van der Waals surface area contributed by atoms with Crippen molar-refractivity contribution < 1.29 is 9.53 Å². The maximum atomic E-state index is 12.6. The van der Waals surface area contributed by atoms with E-state index in [-0.39, 0.29) is 6.03 Å². The monoisotopic (exact) mass is 312 g/mol. The summed E-state index contributed by atoms with van der Waals surface area (Å²) in [6.45, 7) is 4.37. The fourth-order valence-corrected chi connectivity index (χ4v) is 2.67. The first-order valence-electron chi connectivity index (χ1n) is 7.65. The molecule has 2 amide bonds. The molecule has 0 aliphatic carbocycles. The Kier molecular flexibility index (Phi) is 4.32. The molecular weight excluding hydrogens is 292 g/mol. The van der Waals surface area contributed by atoms with Gasteiger partial charge in [-0.1, -0.05) is 0 Å². The third-order valence-electron chi connectivity index (χ3n) is 3.92. The molecule has 3 rings (SSSR count). The molecule has 120 valence electrons. The number of methoxy groups -OCH3 is 1. The quantitative estimate of drug-likeness (QED) is 0.946. The zero-order valence-electron chi connectivity index (χ0n) is 13.3. The highest BCUT2D eigenvalue weighted by Gasteiger charge is 2.26. The van der Waals surface area contributed by atoms with Gasteiger partial charge in [-0.05, 0) is 43.3 Å². The van der Waals surface area contributed by atoms with Crippen LogP contribution < -0.4 is 19.9 Å². The number of aromatic nitrogens is 1. The van der Waals surface area contributed by atoms with Gasteiger partial charge in [-0.2, -0.15) is 0 Å². The molecule has 0 radical (unpaired) electrons. The number of fused-ring (bicyclic) bond motifs is 1. The average Bonchev–Trinajstić information content (AvgIpc) is 2.61. The third-order valence-corrected chi connectivity index (χ3v) is 3.92. The highest BCUT2D eigenvalue weighted by atomic mass is 16.5. The minimum absolute atomic E-state index is 0.153. The van der Waals surface area contributed by atoms with E-state index in [4.69, 9.17) is 4.74 Å². The molecule has 0 saturated heterocycles. The standard InChI is InChI=1S/C17H20N4O2/c1-3-20-11-12-21(15-5-4-10-18-16(15)20)17(22)19-13-6-8-14(23-2)9-7-13/h4-10H,3,11-12H2,1-2H3,(H,19,22). The van der Waals surface area contributed by atoms with Gasteiger partial charge in [0.2, 0.25) is 0 Å². The molecule has 0 saturated carbocycles. The minimum Gasteiger partial charge on any atom is -0.497 e. The van der Waals surface area contributed by atoms with Gasteiger partial charge in [-0.25, -0.2) is 9.78 Å². The fourth-order valence-electron chi connectivity index (χ4n) is 2.67. The van der Waals surface area contributed by atoms with Crippen molar-refractivity contribution in [2.45, 2.75) is 6.92 Å². The number of likely N-dealkylation sites (N-methyl/N-ethyl adjacent to an activating group) is 1. The molecule has 0 bridgehead atoms. The van der Waals surface area contributed by atoms with Crippen molar-refractivity contribution in [2.75, 3.05) is 41.9 Å². The second-order valence-electron chi connectivity index (χ2n) is 5.24. The summed E-state index contributed by atoms with van der Waals surface area (Å²) in [5.74, 6) is 1.61. The van der Waals surface area contributed by atoms with E-state index in [9.17, 15) is 4.79 Å². The molecule has 1 aliphatic heterocycles. The van der Waals surface area contributed by atoms with Crippen LogP contribution in [0.1, 0.15) is 6.92 Å². The van der Waals surface area contributed by atoms with Crippen LogP contribution in [0.4, 0.5) is 22.0 Å².